The van der Waals surface area contributed by atoms with Crippen LogP contribution in [0.15, 0.2) is 125 Å². The topological polar surface area (TPSA) is 244 Å². The zero-order valence-corrected chi connectivity index (χ0v) is 23.0. The molecular weight excluding hydrogens is 596 g/mol. The molecule has 14 nitrogen and oxygen atoms in total. The molecule has 0 aliphatic rings. The smallest absolute Gasteiger partial charge is 0.296 e. The highest BCUT2D eigenvalue weighted by atomic mass is 32.2. The molecule has 0 unspecified atom stereocenters. The van der Waals surface area contributed by atoms with Gasteiger partial charge in [0.1, 0.15) is 32.5 Å². The van der Waals surface area contributed by atoms with E-state index in [1.54, 1.807) is 18.2 Å². The Morgan fingerprint density at radius 2 is 0.976 bits per heavy atom. The van der Waals surface area contributed by atoms with Crippen LogP contribution in [0.4, 0.5) is 34.1 Å². The lowest BCUT2D eigenvalue weighted by molar-refractivity contribution is 0.481. The van der Waals surface area contributed by atoms with E-state index in [2.05, 4.69) is 20.5 Å². The van der Waals surface area contributed by atoms with Crippen LogP contribution in [0.25, 0.3) is 0 Å². The Balaban J connectivity index is 1.86. The third-order valence-electron chi connectivity index (χ3n) is 5.47. The predicted molar refractivity (Wildman–Crippen MR) is 148 cm³/mol. The van der Waals surface area contributed by atoms with E-state index in [1.807, 2.05) is 0 Å². The summed E-state index contributed by atoms with van der Waals surface area (Å²) in [6, 6.07) is 18.9. The second-order valence-electron chi connectivity index (χ2n) is 8.17. The molecule has 41 heavy (non-hydrogen) atoms. The van der Waals surface area contributed by atoms with Crippen molar-refractivity contribution in [3.05, 3.63) is 84.9 Å². The Hall–Kier alpha value is -4.55. The first-order valence-corrected chi connectivity index (χ1v) is 15.6. The van der Waals surface area contributed by atoms with Crippen molar-refractivity contribution in [1.29, 1.82) is 0 Å². The number of nitrogens with two attached hydrogens (primary N) is 2. The summed E-state index contributed by atoms with van der Waals surface area (Å²) in [4.78, 5) is -1.69. The molecule has 0 heterocycles. The zero-order chi connectivity index (χ0) is 30.0. The maximum atomic E-state index is 13.2. The predicted octanol–water partition coefficient (Wildman–Crippen LogP) is 5.01. The van der Waals surface area contributed by atoms with Gasteiger partial charge in [-0.3, -0.25) is 9.11 Å². The summed E-state index contributed by atoms with van der Waals surface area (Å²) in [5, 5.41) is 15.3. The van der Waals surface area contributed by atoms with Crippen LogP contribution >= 0.6 is 0 Å². The first-order valence-electron chi connectivity index (χ1n) is 11.2. The molecule has 0 bridgehead atoms. The summed E-state index contributed by atoms with van der Waals surface area (Å²) in [6.07, 6.45) is 0. The second kappa shape index (κ2) is 11.1. The minimum absolute atomic E-state index is 0.00354. The van der Waals surface area contributed by atoms with Crippen molar-refractivity contribution >= 4 is 64.2 Å². The van der Waals surface area contributed by atoms with Crippen molar-refractivity contribution in [2.24, 2.45) is 20.5 Å². The molecule has 212 valence electrons. The van der Waals surface area contributed by atoms with Gasteiger partial charge in [-0.2, -0.15) is 16.8 Å². The molecule has 0 saturated heterocycles. The molecule has 4 aromatic carbocycles. The Bertz CT molecular complexity index is 2030. The third kappa shape index (κ3) is 6.28. The zero-order valence-electron chi connectivity index (χ0n) is 20.6. The number of benzene rings is 4. The molecule has 6 N–H and O–H groups in total. The number of sulfone groups is 1. The summed E-state index contributed by atoms with van der Waals surface area (Å²) < 4.78 is 93.0. The standard InChI is InChI=1S/C24H20N6O8S3/c25-22-18(29-27-16-10-4-6-12-19(16)39(31,32)15-8-2-1-3-9-15)14-21(41(36,37)38)23(26)24(22)30-28-17-11-5-7-13-20(17)40(33,34)35/h1-14H,25-26H2,(H,33,34,35)(H,36,37,38)/b29-27+,30-28+. The average molecular weight is 617 g/mol. The minimum atomic E-state index is -4.98. The quantitative estimate of drug-likeness (QED) is 0.117. The van der Waals surface area contributed by atoms with Crippen LogP contribution in [-0.2, 0) is 30.1 Å². The van der Waals surface area contributed by atoms with Gasteiger partial charge in [-0.25, -0.2) is 8.42 Å². The van der Waals surface area contributed by atoms with E-state index < -0.39 is 62.6 Å². The highest BCUT2D eigenvalue weighted by molar-refractivity contribution is 7.91. The lowest BCUT2D eigenvalue weighted by Gasteiger charge is -2.11. The van der Waals surface area contributed by atoms with E-state index in [4.69, 9.17) is 11.5 Å². The van der Waals surface area contributed by atoms with E-state index in [1.165, 1.54) is 54.6 Å². The molecule has 0 atom stereocenters. The molecule has 4 rings (SSSR count). The van der Waals surface area contributed by atoms with Gasteiger partial charge in [-0.1, -0.05) is 42.5 Å². The van der Waals surface area contributed by atoms with E-state index in [0.29, 0.717) is 0 Å². The fourth-order valence-electron chi connectivity index (χ4n) is 3.53. The molecule has 0 aliphatic carbocycles. The first kappa shape index (κ1) is 29.4. The van der Waals surface area contributed by atoms with Gasteiger partial charge in [0.15, 0.2) is 0 Å². The maximum Gasteiger partial charge on any atom is 0.296 e. The van der Waals surface area contributed by atoms with Crippen molar-refractivity contribution in [3.63, 3.8) is 0 Å². The van der Waals surface area contributed by atoms with E-state index in [0.717, 1.165) is 12.1 Å². The van der Waals surface area contributed by atoms with Gasteiger partial charge in [0, 0.05) is 0 Å². The summed E-state index contributed by atoms with van der Waals surface area (Å²) >= 11 is 0. The highest BCUT2D eigenvalue weighted by Gasteiger charge is 2.24. The summed E-state index contributed by atoms with van der Waals surface area (Å²) in [5.74, 6) is 0. The molecule has 17 heteroatoms. The fourth-order valence-corrected chi connectivity index (χ4v) is 6.20. The van der Waals surface area contributed by atoms with Crippen LogP contribution in [-0.4, -0.2) is 34.4 Å². The number of hydrogen-bond acceptors (Lipinski definition) is 12. The summed E-state index contributed by atoms with van der Waals surface area (Å²) in [6.45, 7) is 0. The molecule has 0 radical (unpaired) electrons. The van der Waals surface area contributed by atoms with Gasteiger partial charge in [0.25, 0.3) is 20.2 Å². The lowest BCUT2D eigenvalue weighted by Crippen LogP contribution is -2.05. The van der Waals surface area contributed by atoms with Gasteiger partial charge in [-0.15, -0.1) is 20.5 Å². The SMILES string of the molecule is Nc1c(/N=N/c2ccccc2S(=O)(=O)c2ccccc2)cc(S(=O)(=O)O)c(N)c1/N=N/c1ccccc1S(=O)(=O)O. The first-order chi connectivity index (χ1) is 19.2. The highest BCUT2D eigenvalue weighted by Crippen LogP contribution is 2.43. The lowest BCUT2D eigenvalue weighted by atomic mass is 10.2. The molecule has 4 aromatic rings. The van der Waals surface area contributed by atoms with Crippen LogP contribution in [0, 0.1) is 0 Å². The number of nitrogens with zero attached hydrogens (tertiary/aromatic N) is 4. The van der Waals surface area contributed by atoms with Crippen LogP contribution < -0.4 is 11.5 Å². The van der Waals surface area contributed by atoms with E-state index in [9.17, 15) is 34.4 Å². The van der Waals surface area contributed by atoms with Gasteiger partial charge < -0.3 is 11.5 Å². The van der Waals surface area contributed by atoms with Crippen LogP contribution in [0.5, 0.6) is 0 Å². The number of rotatable bonds is 8. The van der Waals surface area contributed by atoms with E-state index in [-0.39, 0.29) is 21.2 Å². The van der Waals surface area contributed by atoms with Gasteiger partial charge >= 0.3 is 0 Å². The monoisotopic (exact) mass is 616 g/mol. The molecule has 0 aromatic heterocycles. The Kier molecular flexibility index (Phi) is 8.00. The van der Waals surface area contributed by atoms with Gasteiger partial charge in [-0.05, 0) is 42.5 Å². The molecule has 0 saturated carbocycles. The molecule has 0 aliphatic heterocycles. The Labute approximate surface area is 234 Å². The number of anilines is 2. The Morgan fingerprint density at radius 1 is 0.512 bits per heavy atom. The third-order valence-corrected chi connectivity index (χ3v) is 9.08. The average Bonchev–Trinajstić information content (AvgIpc) is 2.92. The number of hydrogen-bond donors (Lipinski definition) is 4. The van der Waals surface area contributed by atoms with Gasteiger partial charge in [0.05, 0.1) is 21.2 Å². The van der Waals surface area contributed by atoms with Crippen molar-refractivity contribution < 1.29 is 34.4 Å². The molecular formula is C24H20N6O8S3. The van der Waals surface area contributed by atoms with Crippen molar-refractivity contribution in [3.8, 4) is 0 Å². The van der Waals surface area contributed by atoms with Crippen LogP contribution in [0.3, 0.4) is 0 Å². The van der Waals surface area contributed by atoms with Crippen molar-refractivity contribution in [1.82, 2.24) is 0 Å². The second-order valence-corrected chi connectivity index (χ2v) is 12.9. The van der Waals surface area contributed by atoms with Crippen molar-refractivity contribution in [2.45, 2.75) is 19.6 Å². The Morgan fingerprint density at radius 3 is 1.56 bits per heavy atom. The van der Waals surface area contributed by atoms with Crippen LogP contribution in [0.1, 0.15) is 0 Å². The largest absolute Gasteiger partial charge is 0.396 e. The minimum Gasteiger partial charge on any atom is -0.396 e. The van der Waals surface area contributed by atoms with Crippen molar-refractivity contribution in [2.75, 3.05) is 11.5 Å². The normalized spacial score (nSPS) is 12.7. The molecule has 0 spiro atoms. The fraction of sp³-hybridized carbons (Fsp3) is 0. The van der Waals surface area contributed by atoms with Gasteiger partial charge in [0.2, 0.25) is 9.84 Å². The van der Waals surface area contributed by atoms with E-state index >= 15 is 0 Å². The number of azo groups is 2. The number of nitrogen functional groups attached to an aromatic ring is 2. The molecule has 0 fully saturated rings. The maximum absolute atomic E-state index is 13.2. The summed E-state index contributed by atoms with van der Waals surface area (Å²) in [7, 11) is -13.7. The summed E-state index contributed by atoms with van der Waals surface area (Å²) in [5.41, 5.74) is 9.58. The van der Waals surface area contributed by atoms with Crippen LogP contribution in [0.2, 0.25) is 0 Å². The molecule has 0 amide bonds.